The van der Waals surface area contributed by atoms with Crippen molar-refractivity contribution in [3.8, 4) is 0 Å². The van der Waals surface area contributed by atoms with Gasteiger partial charge in [0.05, 0.1) is 25.0 Å². The molecule has 2 amide bonds. The molecule has 0 aliphatic rings. The first kappa shape index (κ1) is 19.5. The monoisotopic (exact) mass is 346 g/mol. The lowest BCUT2D eigenvalue weighted by Gasteiger charge is -2.15. The van der Waals surface area contributed by atoms with E-state index >= 15 is 0 Å². The Balaban J connectivity index is 2.66. The zero-order valence-corrected chi connectivity index (χ0v) is 12.9. The van der Waals surface area contributed by atoms with Crippen LogP contribution < -0.4 is 11.1 Å². The van der Waals surface area contributed by atoms with Crippen LogP contribution in [-0.4, -0.2) is 30.4 Å². The summed E-state index contributed by atoms with van der Waals surface area (Å²) in [4.78, 5) is 34.5. The first-order valence-corrected chi connectivity index (χ1v) is 7.04. The smallest absolute Gasteiger partial charge is 0.416 e. The normalized spacial score (nSPS) is 12.3. The van der Waals surface area contributed by atoms with Gasteiger partial charge in [-0.3, -0.25) is 14.4 Å². The third-order valence-corrected chi connectivity index (χ3v) is 3.00. The molecule has 0 aromatic heterocycles. The molecule has 1 atom stereocenters. The second-order valence-corrected chi connectivity index (χ2v) is 4.90. The molecular weight excluding hydrogens is 329 g/mol. The molecular formula is C15H17F3N2O4. The number of esters is 1. The molecule has 0 heterocycles. The number of hydrogen-bond donors (Lipinski definition) is 2. The van der Waals surface area contributed by atoms with Gasteiger partial charge in [-0.2, -0.15) is 13.2 Å². The second kappa shape index (κ2) is 8.32. The van der Waals surface area contributed by atoms with Gasteiger partial charge in [-0.15, -0.1) is 0 Å². The zero-order valence-electron chi connectivity index (χ0n) is 12.9. The van der Waals surface area contributed by atoms with Crippen LogP contribution >= 0.6 is 0 Å². The van der Waals surface area contributed by atoms with Gasteiger partial charge in [-0.25, -0.2) is 0 Å². The third-order valence-electron chi connectivity index (χ3n) is 3.00. The summed E-state index contributed by atoms with van der Waals surface area (Å²) in [5, 5.41) is 2.26. The Hall–Kier alpha value is -2.58. The summed E-state index contributed by atoms with van der Waals surface area (Å²) < 4.78 is 42.0. The van der Waals surface area contributed by atoms with Crippen molar-refractivity contribution in [3.63, 3.8) is 0 Å². The summed E-state index contributed by atoms with van der Waals surface area (Å²) in [6.45, 7) is 1.70. The summed E-state index contributed by atoms with van der Waals surface area (Å²) in [5.41, 5.74) is 4.59. The van der Waals surface area contributed by atoms with E-state index in [4.69, 9.17) is 5.73 Å². The molecule has 0 radical (unpaired) electrons. The van der Waals surface area contributed by atoms with Crippen LogP contribution in [0.5, 0.6) is 0 Å². The predicted molar refractivity (Wildman–Crippen MR) is 77.5 cm³/mol. The lowest BCUT2D eigenvalue weighted by molar-refractivity contribution is -0.145. The number of carbonyl (C=O) groups is 3. The Morgan fingerprint density at radius 2 is 1.79 bits per heavy atom. The Morgan fingerprint density at radius 3 is 2.25 bits per heavy atom. The molecule has 9 heteroatoms. The first-order valence-electron chi connectivity index (χ1n) is 7.04. The lowest BCUT2D eigenvalue weighted by Crippen LogP contribution is -2.46. The van der Waals surface area contributed by atoms with Crippen LogP contribution in [0.25, 0.3) is 0 Å². The van der Waals surface area contributed by atoms with Gasteiger partial charge in [-0.1, -0.05) is 12.1 Å². The van der Waals surface area contributed by atoms with Crippen molar-refractivity contribution in [1.29, 1.82) is 0 Å². The maximum atomic E-state index is 12.5. The summed E-state index contributed by atoms with van der Waals surface area (Å²) in [6.07, 6.45) is -5.13. The Labute approximate surface area is 136 Å². The molecule has 1 aromatic rings. The third kappa shape index (κ3) is 6.27. The van der Waals surface area contributed by atoms with Crippen LogP contribution in [0.3, 0.4) is 0 Å². The molecule has 1 aromatic carbocycles. The standard InChI is InChI=1S/C15H17F3N2O4/c1-2-24-13(22)8-11(14(19)23)20-12(21)7-9-3-5-10(6-4-9)15(16,17)18/h3-6,11H,2,7-8H2,1H3,(H2,19,23)(H,20,21)/t11-/m1/s1. The van der Waals surface area contributed by atoms with Crippen molar-refractivity contribution in [2.45, 2.75) is 32.0 Å². The summed E-state index contributed by atoms with van der Waals surface area (Å²) in [5.74, 6) is -2.26. The topological polar surface area (TPSA) is 98.5 Å². The SMILES string of the molecule is CCOC(=O)C[C@@H](NC(=O)Cc1ccc(C(F)(F)F)cc1)C(N)=O. The molecule has 0 bridgehead atoms. The van der Waals surface area contributed by atoms with Crippen molar-refractivity contribution in [3.05, 3.63) is 35.4 Å². The van der Waals surface area contributed by atoms with Crippen molar-refractivity contribution in [2.75, 3.05) is 6.61 Å². The molecule has 0 spiro atoms. The number of primary amides is 1. The van der Waals surface area contributed by atoms with Crippen molar-refractivity contribution in [1.82, 2.24) is 5.32 Å². The van der Waals surface area contributed by atoms with Crippen molar-refractivity contribution in [2.24, 2.45) is 5.73 Å². The van der Waals surface area contributed by atoms with Gasteiger partial charge >= 0.3 is 12.1 Å². The van der Waals surface area contributed by atoms with Crippen LogP contribution in [0.1, 0.15) is 24.5 Å². The van der Waals surface area contributed by atoms with E-state index in [0.717, 1.165) is 24.3 Å². The average molecular weight is 346 g/mol. The average Bonchev–Trinajstić information content (AvgIpc) is 2.46. The molecule has 6 nitrogen and oxygen atoms in total. The highest BCUT2D eigenvalue weighted by Crippen LogP contribution is 2.29. The van der Waals surface area contributed by atoms with Gasteiger partial charge in [0, 0.05) is 0 Å². The second-order valence-electron chi connectivity index (χ2n) is 4.90. The number of hydrogen-bond acceptors (Lipinski definition) is 4. The molecule has 0 fully saturated rings. The Kier molecular flexibility index (Phi) is 6.75. The molecule has 1 rings (SSSR count). The quantitative estimate of drug-likeness (QED) is 0.724. The molecule has 0 saturated carbocycles. The summed E-state index contributed by atoms with van der Waals surface area (Å²) in [6, 6.07) is 2.78. The number of halogens is 3. The molecule has 0 aliphatic heterocycles. The van der Waals surface area contributed by atoms with Crippen molar-refractivity contribution >= 4 is 17.8 Å². The van der Waals surface area contributed by atoms with Crippen LogP contribution in [-0.2, 0) is 31.7 Å². The van der Waals surface area contributed by atoms with Crippen LogP contribution in [0, 0.1) is 0 Å². The number of carbonyl (C=O) groups excluding carboxylic acids is 3. The molecule has 24 heavy (non-hydrogen) atoms. The number of ether oxygens (including phenoxy) is 1. The maximum absolute atomic E-state index is 12.5. The minimum Gasteiger partial charge on any atom is -0.466 e. The predicted octanol–water partition coefficient (Wildman–Crippen LogP) is 1.17. The van der Waals surface area contributed by atoms with E-state index in [-0.39, 0.29) is 13.0 Å². The van der Waals surface area contributed by atoms with Gasteiger partial charge < -0.3 is 15.8 Å². The highest BCUT2D eigenvalue weighted by molar-refractivity contribution is 5.90. The van der Waals surface area contributed by atoms with Crippen LogP contribution in [0.2, 0.25) is 0 Å². The van der Waals surface area contributed by atoms with E-state index in [2.05, 4.69) is 10.1 Å². The minimum absolute atomic E-state index is 0.115. The van der Waals surface area contributed by atoms with Gasteiger partial charge in [0.1, 0.15) is 6.04 Å². The zero-order chi connectivity index (χ0) is 18.3. The molecule has 132 valence electrons. The molecule has 0 aliphatic carbocycles. The first-order chi connectivity index (χ1) is 11.1. The van der Waals surface area contributed by atoms with Crippen molar-refractivity contribution < 1.29 is 32.3 Å². The minimum atomic E-state index is -4.46. The lowest BCUT2D eigenvalue weighted by atomic mass is 10.1. The largest absolute Gasteiger partial charge is 0.466 e. The number of alkyl halides is 3. The molecule has 3 N–H and O–H groups in total. The summed E-state index contributed by atoms with van der Waals surface area (Å²) >= 11 is 0. The number of rotatable bonds is 7. The number of nitrogens with two attached hydrogens (primary N) is 1. The maximum Gasteiger partial charge on any atom is 0.416 e. The van der Waals surface area contributed by atoms with E-state index in [1.807, 2.05) is 0 Å². The number of nitrogens with one attached hydrogen (secondary N) is 1. The fourth-order valence-electron chi connectivity index (χ4n) is 1.85. The fraction of sp³-hybridized carbons (Fsp3) is 0.400. The number of amides is 2. The van der Waals surface area contributed by atoms with E-state index in [1.165, 1.54) is 0 Å². The highest BCUT2D eigenvalue weighted by Gasteiger charge is 2.30. The van der Waals surface area contributed by atoms with Gasteiger partial charge in [0.15, 0.2) is 0 Å². The van der Waals surface area contributed by atoms with E-state index < -0.39 is 42.0 Å². The van der Waals surface area contributed by atoms with Gasteiger partial charge in [0.25, 0.3) is 0 Å². The molecule has 0 saturated heterocycles. The number of benzene rings is 1. The molecule has 0 unspecified atom stereocenters. The van der Waals surface area contributed by atoms with E-state index in [9.17, 15) is 27.6 Å². The van der Waals surface area contributed by atoms with Gasteiger partial charge in [0.2, 0.25) is 11.8 Å². The van der Waals surface area contributed by atoms with Crippen LogP contribution in [0.4, 0.5) is 13.2 Å². The van der Waals surface area contributed by atoms with Gasteiger partial charge in [-0.05, 0) is 24.6 Å². The Bertz CT molecular complexity index is 600. The highest BCUT2D eigenvalue weighted by atomic mass is 19.4. The van der Waals surface area contributed by atoms with E-state index in [0.29, 0.717) is 5.56 Å². The summed E-state index contributed by atoms with van der Waals surface area (Å²) in [7, 11) is 0. The van der Waals surface area contributed by atoms with E-state index in [1.54, 1.807) is 6.92 Å². The van der Waals surface area contributed by atoms with Crippen LogP contribution in [0.15, 0.2) is 24.3 Å². The Morgan fingerprint density at radius 1 is 1.21 bits per heavy atom. The fourth-order valence-corrected chi connectivity index (χ4v) is 1.85.